The number of anilines is 2. The topological polar surface area (TPSA) is 100 Å². The highest BCUT2D eigenvalue weighted by atomic mass is 35.5. The molecule has 2 amide bonds. The number of hydrogen-bond donors (Lipinski definition) is 2. The van der Waals surface area contributed by atoms with Crippen molar-refractivity contribution in [2.24, 2.45) is 0 Å². The molecule has 0 unspecified atom stereocenters. The van der Waals surface area contributed by atoms with Crippen LogP contribution in [0.4, 0.5) is 24.0 Å². The molecule has 3 heterocycles. The van der Waals surface area contributed by atoms with E-state index in [0.717, 1.165) is 11.1 Å². The fourth-order valence-corrected chi connectivity index (χ4v) is 5.03. The Bertz CT molecular complexity index is 1310. The van der Waals surface area contributed by atoms with Crippen molar-refractivity contribution in [2.75, 3.05) is 30.4 Å². The summed E-state index contributed by atoms with van der Waals surface area (Å²) in [5.74, 6) is -0.811. The van der Waals surface area contributed by atoms with Gasteiger partial charge in [-0.2, -0.15) is 13.2 Å². The van der Waals surface area contributed by atoms with Crippen LogP contribution in [-0.2, 0) is 16.4 Å². The number of carbonyl (C=O) groups is 2. The molecule has 0 bridgehead atoms. The van der Waals surface area contributed by atoms with Crippen molar-refractivity contribution in [2.45, 2.75) is 31.4 Å². The first-order valence-electron chi connectivity index (χ1n) is 10.9. The molecular weight excluding hydrogens is 517 g/mol. The molecule has 1 saturated heterocycles. The second-order valence-corrected chi connectivity index (χ2v) is 10.00. The van der Waals surface area contributed by atoms with E-state index in [9.17, 15) is 22.8 Å². The van der Waals surface area contributed by atoms with E-state index in [1.807, 2.05) is 38.1 Å². The Morgan fingerprint density at radius 2 is 1.89 bits per heavy atom. The highest BCUT2D eigenvalue weighted by molar-refractivity contribution is 7.15. The van der Waals surface area contributed by atoms with Gasteiger partial charge in [-0.1, -0.05) is 61.1 Å². The number of aromatic nitrogens is 3. The lowest BCUT2D eigenvalue weighted by atomic mass is 9.70. The first-order valence-corrected chi connectivity index (χ1v) is 12.1. The first-order chi connectivity index (χ1) is 17.0. The Morgan fingerprint density at radius 1 is 1.19 bits per heavy atom. The van der Waals surface area contributed by atoms with Gasteiger partial charge >= 0.3 is 6.18 Å². The van der Waals surface area contributed by atoms with Crippen LogP contribution in [0.25, 0.3) is 0 Å². The van der Waals surface area contributed by atoms with Gasteiger partial charge in [0.05, 0.1) is 17.4 Å². The molecule has 8 nitrogen and oxygen atoms in total. The summed E-state index contributed by atoms with van der Waals surface area (Å²) in [6.07, 6.45) is -3.30. The lowest BCUT2D eigenvalue weighted by Crippen LogP contribution is -2.65. The second kappa shape index (κ2) is 9.66. The molecule has 0 aliphatic carbocycles. The number of benzene rings is 1. The maximum absolute atomic E-state index is 13.8. The van der Waals surface area contributed by atoms with Crippen molar-refractivity contribution >= 4 is 45.6 Å². The van der Waals surface area contributed by atoms with Crippen LogP contribution in [0.15, 0.2) is 36.5 Å². The molecule has 0 spiro atoms. The minimum absolute atomic E-state index is 0.0748. The zero-order valence-corrected chi connectivity index (χ0v) is 21.1. The van der Waals surface area contributed by atoms with Crippen molar-refractivity contribution in [1.82, 2.24) is 20.5 Å². The molecule has 1 aromatic carbocycles. The van der Waals surface area contributed by atoms with E-state index in [0.29, 0.717) is 11.3 Å². The highest BCUT2D eigenvalue weighted by Crippen LogP contribution is 2.44. The van der Waals surface area contributed by atoms with Crippen molar-refractivity contribution < 1.29 is 22.8 Å². The van der Waals surface area contributed by atoms with Gasteiger partial charge in [-0.05, 0) is 23.1 Å². The van der Waals surface area contributed by atoms with Gasteiger partial charge in [-0.25, -0.2) is 4.98 Å². The third kappa shape index (κ3) is 4.74. The summed E-state index contributed by atoms with van der Waals surface area (Å²) >= 11 is 6.38. The number of hydrogen-bond acceptors (Lipinski definition) is 7. The first kappa shape index (κ1) is 25.8. The fourth-order valence-electron chi connectivity index (χ4n) is 4.16. The van der Waals surface area contributed by atoms with Crippen LogP contribution in [0.2, 0.25) is 5.15 Å². The normalized spacial score (nSPS) is 14.9. The summed E-state index contributed by atoms with van der Waals surface area (Å²) in [4.78, 5) is 31.8. The molecule has 1 fully saturated rings. The Morgan fingerprint density at radius 3 is 2.50 bits per heavy atom. The highest BCUT2D eigenvalue weighted by Gasteiger charge is 2.53. The van der Waals surface area contributed by atoms with E-state index in [1.165, 1.54) is 19.3 Å². The number of nitrogens with zero attached hydrogens (tertiary/aromatic N) is 4. The van der Waals surface area contributed by atoms with Crippen LogP contribution in [-0.4, -0.2) is 47.1 Å². The number of halogens is 4. The zero-order chi connectivity index (χ0) is 26.3. The van der Waals surface area contributed by atoms with Crippen molar-refractivity contribution in [3.05, 3.63) is 63.4 Å². The number of amides is 2. The number of alkyl halides is 3. The molecule has 36 heavy (non-hydrogen) atoms. The number of carbonyl (C=O) groups excluding carboxylic acids is 2. The summed E-state index contributed by atoms with van der Waals surface area (Å²) < 4.78 is 39.2. The van der Waals surface area contributed by atoms with Crippen LogP contribution < -0.4 is 15.5 Å². The van der Waals surface area contributed by atoms with Crippen LogP contribution >= 0.6 is 22.9 Å². The van der Waals surface area contributed by atoms with E-state index >= 15 is 0 Å². The van der Waals surface area contributed by atoms with Crippen LogP contribution in [0, 0.1) is 0 Å². The van der Waals surface area contributed by atoms with Gasteiger partial charge in [0.15, 0.2) is 0 Å². The van der Waals surface area contributed by atoms with Gasteiger partial charge in [-0.15, -0.1) is 10.2 Å². The van der Waals surface area contributed by atoms with E-state index in [4.69, 9.17) is 11.6 Å². The van der Waals surface area contributed by atoms with Crippen molar-refractivity contribution in [1.29, 1.82) is 0 Å². The predicted molar refractivity (Wildman–Crippen MR) is 131 cm³/mol. The summed E-state index contributed by atoms with van der Waals surface area (Å²) in [5.41, 5.74) is 0.857. The van der Waals surface area contributed by atoms with Crippen molar-refractivity contribution in [3.63, 3.8) is 0 Å². The smallest absolute Gasteiger partial charge is 0.355 e. The standard InChI is InChI=1S/C23H22ClF3N6O2S/c1-12(2)13-6-4-5-7-15(13)22(10-33(11-22)21-32-31-20(36-21)23(25,26)27)19(35)30-16-9-29-17(24)8-14(16)18(34)28-3/h4-9,12H,10-11H2,1-3H3,(H,28,34)(H,30,35). The van der Waals surface area contributed by atoms with Gasteiger partial charge in [-0.3, -0.25) is 9.59 Å². The molecule has 0 saturated carbocycles. The lowest BCUT2D eigenvalue weighted by Gasteiger charge is -2.49. The monoisotopic (exact) mass is 538 g/mol. The average Bonchev–Trinajstić information content (AvgIpc) is 3.30. The summed E-state index contributed by atoms with van der Waals surface area (Å²) in [6.45, 7) is 4.14. The number of pyridine rings is 1. The molecule has 3 aromatic rings. The van der Waals surface area contributed by atoms with Gasteiger partial charge in [0.25, 0.3) is 5.91 Å². The van der Waals surface area contributed by atoms with E-state index in [2.05, 4.69) is 25.8 Å². The maximum atomic E-state index is 13.8. The van der Waals surface area contributed by atoms with Crippen molar-refractivity contribution in [3.8, 4) is 0 Å². The number of nitrogens with one attached hydrogen (secondary N) is 2. The van der Waals surface area contributed by atoms with Crippen LogP contribution in [0.5, 0.6) is 0 Å². The molecule has 1 aliphatic heterocycles. The molecule has 190 valence electrons. The molecule has 0 atom stereocenters. The Balaban J connectivity index is 1.72. The lowest BCUT2D eigenvalue weighted by molar-refractivity contribution is -0.138. The molecule has 4 rings (SSSR count). The van der Waals surface area contributed by atoms with Gasteiger partial charge < -0.3 is 15.5 Å². The zero-order valence-electron chi connectivity index (χ0n) is 19.5. The SMILES string of the molecule is CNC(=O)c1cc(Cl)ncc1NC(=O)C1(c2ccccc2C(C)C)CN(c2nnc(C(F)(F)F)s2)C1. The van der Waals surface area contributed by atoms with Crippen LogP contribution in [0.3, 0.4) is 0 Å². The fraction of sp³-hybridized carbons (Fsp3) is 0.348. The van der Waals surface area contributed by atoms with Crippen LogP contribution in [0.1, 0.15) is 46.3 Å². The number of rotatable bonds is 6. The van der Waals surface area contributed by atoms with E-state index < -0.39 is 28.4 Å². The van der Waals surface area contributed by atoms with Gasteiger partial charge in [0, 0.05) is 20.1 Å². The third-order valence-corrected chi connectivity index (χ3v) is 7.21. The molecule has 0 radical (unpaired) electrons. The molecule has 2 aromatic heterocycles. The summed E-state index contributed by atoms with van der Waals surface area (Å²) in [7, 11) is 1.45. The minimum atomic E-state index is -4.60. The summed E-state index contributed by atoms with van der Waals surface area (Å²) in [5, 5.41) is 11.3. The second-order valence-electron chi connectivity index (χ2n) is 8.65. The third-order valence-electron chi connectivity index (χ3n) is 5.97. The summed E-state index contributed by atoms with van der Waals surface area (Å²) in [6, 6.07) is 8.79. The molecular formula is C23H22ClF3N6O2S. The van der Waals surface area contributed by atoms with E-state index in [1.54, 1.807) is 4.90 Å². The Hall–Kier alpha value is -3.25. The van der Waals surface area contributed by atoms with Gasteiger partial charge in [0.1, 0.15) is 10.6 Å². The molecule has 13 heteroatoms. The maximum Gasteiger partial charge on any atom is 0.445 e. The predicted octanol–water partition coefficient (Wildman–Crippen LogP) is 4.49. The quantitative estimate of drug-likeness (QED) is 0.449. The average molecular weight is 539 g/mol. The Kier molecular flexibility index (Phi) is 6.93. The largest absolute Gasteiger partial charge is 0.445 e. The van der Waals surface area contributed by atoms with Gasteiger partial charge in [0.2, 0.25) is 16.0 Å². The van der Waals surface area contributed by atoms with E-state index in [-0.39, 0.29) is 40.5 Å². The molecule has 1 aliphatic rings. The minimum Gasteiger partial charge on any atom is -0.355 e. The molecule has 2 N–H and O–H groups in total. The Labute approximate surface area is 213 Å².